The van der Waals surface area contributed by atoms with Gasteiger partial charge in [-0.3, -0.25) is 14.9 Å². The Bertz CT molecular complexity index is 1160. The Balaban J connectivity index is 1.37. The molecular weight excluding hydrogens is 443 g/mol. The highest BCUT2D eigenvalue weighted by molar-refractivity contribution is 7.17. The van der Waals surface area contributed by atoms with Gasteiger partial charge in [0.1, 0.15) is 0 Å². The molecule has 32 heavy (non-hydrogen) atoms. The van der Waals surface area contributed by atoms with E-state index in [1.807, 2.05) is 34.5 Å². The fourth-order valence-corrected chi connectivity index (χ4v) is 4.93. The summed E-state index contributed by atoms with van der Waals surface area (Å²) < 4.78 is 41.2. The number of anilines is 1. The Labute approximate surface area is 185 Å². The summed E-state index contributed by atoms with van der Waals surface area (Å²) in [5.74, 6) is 0.0496. The minimum atomic E-state index is -4.71. The molecule has 168 valence electrons. The van der Waals surface area contributed by atoms with Crippen LogP contribution in [-0.4, -0.2) is 41.3 Å². The minimum absolute atomic E-state index is 0.0496. The van der Waals surface area contributed by atoms with Gasteiger partial charge in [-0.15, -0.1) is 11.3 Å². The molecule has 0 radical (unpaired) electrons. The van der Waals surface area contributed by atoms with E-state index in [-0.39, 0.29) is 17.5 Å². The number of carbonyl (C=O) groups is 1. The summed E-state index contributed by atoms with van der Waals surface area (Å²) in [6, 6.07) is 10.2. The summed E-state index contributed by atoms with van der Waals surface area (Å²) in [6.45, 7) is 1.67. The van der Waals surface area contributed by atoms with E-state index in [1.165, 1.54) is 11.3 Å². The Morgan fingerprint density at radius 1 is 1.25 bits per heavy atom. The summed E-state index contributed by atoms with van der Waals surface area (Å²) in [4.78, 5) is 24.7. The number of nitrogens with one attached hydrogen (secondary N) is 1. The van der Waals surface area contributed by atoms with Crippen molar-refractivity contribution in [3.8, 4) is 0 Å². The first-order chi connectivity index (χ1) is 15.2. The zero-order valence-corrected chi connectivity index (χ0v) is 17.7. The first kappa shape index (κ1) is 22.2. The lowest BCUT2D eigenvalue weighted by Crippen LogP contribution is -2.28. The highest BCUT2D eigenvalue weighted by atomic mass is 32.1. The van der Waals surface area contributed by atoms with Gasteiger partial charge in [0.15, 0.2) is 5.78 Å². The van der Waals surface area contributed by atoms with Gasteiger partial charge >= 0.3 is 6.18 Å². The molecule has 0 aliphatic carbocycles. The molecule has 1 aliphatic heterocycles. The smallest absolute Gasteiger partial charge is 0.380 e. The molecule has 4 rings (SSSR count). The van der Waals surface area contributed by atoms with Crippen molar-refractivity contribution >= 4 is 38.6 Å². The van der Waals surface area contributed by atoms with Crippen LogP contribution in [-0.2, 0) is 6.18 Å². The number of thiophene rings is 1. The molecule has 1 atom stereocenters. The average molecular weight is 463 g/mol. The number of nitro benzene ring substituents is 1. The quantitative estimate of drug-likeness (QED) is 0.281. The van der Waals surface area contributed by atoms with E-state index in [9.17, 15) is 28.1 Å². The molecule has 0 unspecified atom stereocenters. The van der Waals surface area contributed by atoms with E-state index in [0.717, 1.165) is 22.2 Å². The molecule has 0 spiro atoms. The maximum atomic E-state index is 13.4. The lowest BCUT2D eigenvalue weighted by Gasteiger charge is -2.20. The second-order valence-corrected chi connectivity index (χ2v) is 8.65. The Hall–Kier alpha value is -2.98. The predicted molar refractivity (Wildman–Crippen MR) is 117 cm³/mol. The van der Waals surface area contributed by atoms with Crippen LogP contribution in [0, 0.1) is 10.1 Å². The zero-order valence-electron chi connectivity index (χ0n) is 16.9. The third-order valence-corrected chi connectivity index (χ3v) is 6.55. The number of nitro groups is 1. The number of ketones is 1. The maximum Gasteiger partial charge on any atom is 0.418 e. The van der Waals surface area contributed by atoms with Crippen LogP contribution in [0.25, 0.3) is 10.1 Å². The van der Waals surface area contributed by atoms with Gasteiger partial charge in [-0.1, -0.05) is 18.2 Å². The van der Waals surface area contributed by atoms with Gasteiger partial charge in [-0.2, -0.15) is 13.2 Å². The minimum Gasteiger partial charge on any atom is -0.380 e. The number of alkyl halides is 3. The third kappa shape index (κ3) is 4.76. The highest BCUT2D eigenvalue weighted by Crippen LogP contribution is 2.37. The average Bonchev–Trinajstić information content (AvgIpc) is 3.38. The van der Waals surface area contributed by atoms with Crippen LogP contribution in [0.15, 0.2) is 47.8 Å². The number of likely N-dealkylation sites (tertiary alicyclic amines) is 1. The summed E-state index contributed by atoms with van der Waals surface area (Å²) >= 11 is 1.53. The molecule has 1 fully saturated rings. The summed E-state index contributed by atoms with van der Waals surface area (Å²) in [7, 11) is 0. The molecule has 1 N–H and O–H groups in total. The van der Waals surface area contributed by atoms with Crippen molar-refractivity contribution in [3.05, 3.63) is 69.1 Å². The summed E-state index contributed by atoms with van der Waals surface area (Å²) in [5.41, 5.74) is -1.11. The van der Waals surface area contributed by atoms with Crippen molar-refractivity contribution in [1.82, 2.24) is 4.90 Å². The van der Waals surface area contributed by atoms with Crippen molar-refractivity contribution in [2.45, 2.75) is 25.1 Å². The van der Waals surface area contributed by atoms with Crippen LogP contribution in [0.4, 0.5) is 24.5 Å². The van der Waals surface area contributed by atoms with Crippen molar-refractivity contribution in [2.24, 2.45) is 0 Å². The van der Waals surface area contributed by atoms with E-state index >= 15 is 0 Å². The van der Waals surface area contributed by atoms with Gasteiger partial charge in [0.2, 0.25) is 0 Å². The van der Waals surface area contributed by atoms with Gasteiger partial charge in [-0.05, 0) is 18.6 Å². The van der Waals surface area contributed by atoms with Crippen LogP contribution in [0.2, 0.25) is 0 Å². The number of carbonyl (C=O) groups excluding carboxylic acids is 1. The van der Waals surface area contributed by atoms with E-state index in [1.54, 1.807) is 0 Å². The van der Waals surface area contributed by atoms with Gasteiger partial charge in [-0.25, -0.2) is 0 Å². The molecule has 6 nitrogen and oxygen atoms in total. The highest BCUT2D eigenvalue weighted by Gasteiger charge is 2.36. The number of hydrogen-bond donors (Lipinski definition) is 1. The number of benzene rings is 2. The van der Waals surface area contributed by atoms with Gasteiger partial charge in [0.05, 0.1) is 10.5 Å². The topological polar surface area (TPSA) is 75.5 Å². The number of Topliss-reactive ketones (excluding diaryl/α,β-unsaturated/α-hetero) is 1. The maximum absolute atomic E-state index is 13.4. The lowest BCUT2D eigenvalue weighted by molar-refractivity contribution is -0.385. The number of rotatable bonds is 7. The summed E-state index contributed by atoms with van der Waals surface area (Å²) in [6.07, 6.45) is -3.76. The van der Waals surface area contributed by atoms with Crippen LogP contribution in [0.1, 0.15) is 28.8 Å². The Kier molecular flexibility index (Phi) is 6.16. The van der Waals surface area contributed by atoms with Crippen LogP contribution in [0.5, 0.6) is 0 Å². The van der Waals surface area contributed by atoms with Crippen molar-refractivity contribution < 1.29 is 22.9 Å². The second-order valence-electron chi connectivity index (χ2n) is 7.73. The normalized spacial score (nSPS) is 17.0. The number of halogens is 3. The Morgan fingerprint density at radius 3 is 2.78 bits per heavy atom. The van der Waals surface area contributed by atoms with Gasteiger partial charge in [0.25, 0.3) is 5.69 Å². The molecular formula is C22H20F3N3O3S. The number of nitrogens with zero attached hydrogens (tertiary/aromatic N) is 2. The standard InChI is InChI=1S/C22H20F3N3O3S/c23-22(24,25)18-11-15(28(30)31)5-6-19(18)26-14-7-9-27(12-14)10-8-20(29)17-13-32-21-4-2-1-3-16(17)21/h1-6,11,13-14,26H,7-10,12H2/t14-/m0/s1. The van der Waals surface area contributed by atoms with Gasteiger partial charge in [0, 0.05) is 70.9 Å². The van der Waals surface area contributed by atoms with Crippen molar-refractivity contribution in [1.29, 1.82) is 0 Å². The molecule has 1 aromatic heterocycles. The molecule has 1 aliphatic rings. The molecule has 3 aromatic rings. The molecule has 0 saturated carbocycles. The van der Waals surface area contributed by atoms with Crippen LogP contribution >= 0.6 is 11.3 Å². The van der Waals surface area contributed by atoms with E-state index < -0.39 is 22.4 Å². The van der Waals surface area contributed by atoms with E-state index in [0.29, 0.717) is 44.1 Å². The number of non-ortho nitro benzene ring substituents is 1. The molecule has 0 amide bonds. The Morgan fingerprint density at radius 2 is 2.03 bits per heavy atom. The summed E-state index contributed by atoms with van der Waals surface area (Å²) in [5, 5.41) is 16.5. The number of fused-ring (bicyclic) bond motifs is 1. The van der Waals surface area contributed by atoms with E-state index in [2.05, 4.69) is 5.32 Å². The fraction of sp³-hybridized carbons (Fsp3) is 0.318. The van der Waals surface area contributed by atoms with Gasteiger partial charge < -0.3 is 10.2 Å². The zero-order chi connectivity index (χ0) is 22.9. The van der Waals surface area contributed by atoms with Crippen LogP contribution < -0.4 is 5.32 Å². The van der Waals surface area contributed by atoms with Crippen molar-refractivity contribution in [3.63, 3.8) is 0 Å². The predicted octanol–water partition coefficient (Wildman–Crippen LogP) is 5.59. The largest absolute Gasteiger partial charge is 0.418 e. The first-order valence-corrected chi connectivity index (χ1v) is 10.9. The molecule has 1 saturated heterocycles. The lowest BCUT2D eigenvalue weighted by atomic mass is 10.1. The van der Waals surface area contributed by atoms with Crippen LogP contribution in [0.3, 0.4) is 0 Å². The third-order valence-electron chi connectivity index (χ3n) is 5.59. The molecule has 0 bridgehead atoms. The molecule has 2 heterocycles. The molecule has 2 aromatic carbocycles. The molecule has 10 heteroatoms. The SMILES string of the molecule is O=C(CCN1CC[C@H](Nc2ccc([N+](=O)[O-])cc2C(F)(F)F)C1)c1csc2ccccc12. The van der Waals surface area contributed by atoms with Crippen molar-refractivity contribution in [2.75, 3.05) is 25.0 Å². The fourth-order valence-electron chi connectivity index (χ4n) is 3.97. The monoisotopic (exact) mass is 463 g/mol. The van der Waals surface area contributed by atoms with E-state index in [4.69, 9.17) is 0 Å². The second kappa shape index (κ2) is 8.87. The number of hydrogen-bond acceptors (Lipinski definition) is 6. The first-order valence-electron chi connectivity index (χ1n) is 10.1.